The Balaban J connectivity index is 3.05. The standard InChI is InChI=1S/C9H9F3INS/c10-9(11,12)6(4-13)5-2-1-3-7(14)8(5)15/h1,3-5,15H,2,14H2/b6-4+. The topological polar surface area (TPSA) is 26.0 Å². The molecule has 1 aliphatic rings. The Morgan fingerprint density at radius 3 is 2.67 bits per heavy atom. The van der Waals surface area contributed by atoms with Crippen LogP contribution in [0.3, 0.4) is 0 Å². The number of hydrogen-bond acceptors (Lipinski definition) is 2. The summed E-state index contributed by atoms with van der Waals surface area (Å²) in [4.78, 5) is 0.290. The lowest BCUT2D eigenvalue weighted by molar-refractivity contribution is -0.0969. The molecule has 1 rings (SSSR count). The minimum atomic E-state index is -4.33. The fourth-order valence-electron chi connectivity index (χ4n) is 1.34. The quantitative estimate of drug-likeness (QED) is 0.551. The first-order valence-electron chi connectivity index (χ1n) is 4.10. The molecule has 84 valence electrons. The van der Waals surface area contributed by atoms with Crippen molar-refractivity contribution in [2.45, 2.75) is 12.6 Å². The second kappa shape index (κ2) is 4.82. The highest BCUT2D eigenvalue weighted by Gasteiger charge is 2.39. The number of halogens is 4. The maximum Gasteiger partial charge on any atom is 0.413 e. The first-order valence-corrected chi connectivity index (χ1v) is 5.79. The van der Waals surface area contributed by atoms with Gasteiger partial charge in [-0.15, -0.1) is 12.6 Å². The highest BCUT2D eigenvalue weighted by atomic mass is 127. The van der Waals surface area contributed by atoms with Gasteiger partial charge in [0.25, 0.3) is 0 Å². The minimum Gasteiger partial charge on any atom is -0.398 e. The summed E-state index contributed by atoms with van der Waals surface area (Å²) >= 11 is 5.63. The van der Waals surface area contributed by atoms with E-state index in [4.69, 9.17) is 5.73 Å². The molecule has 0 saturated carbocycles. The third-order valence-electron chi connectivity index (χ3n) is 2.12. The molecule has 0 aromatic heterocycles. The monoisotopic (exact) mass is 347 g/mol. The van der Waals surface area contributed by atoms with Crippen LogP contribution in [0, 0.1) is 5.92 Å². The summed E-state index contributed by atoms with van der Waals surface area (Å²) in [5, 5.41) is 0. The summed E-state index contributed by atoms with van der Waals surface area (Å²) in [7, 11) is 0. The van der Waals surface area contributed by atoms with Crippen LogP contribution in [-0.2, 0) is 0 Å². The van der Waals surface area contributed by atoms with Crippen LogP contribution in [0.25, 0.3) is 0 Å². The summed E-state index contributed by atoms with van der Waals surface area (Å²) in [6.45, 7) is 0. The molecule has 6 heteroatoms. The van der Waals surface area contributed by atoms with E-state index in [1.807, 2.05) is 0 Å². The lowest BCUT2D eigenvalue weighted by atomic mass is 9.91. The highest BCUT2D eigenvalue weighted by Crippen LogP contribution is 2.41. The number of allylic oxidation sites excluding steroid dienone is 4. The second-order valence-corrected chi connectivity index (χ2v) is 4.20. The fraction of sp³-hybridized carbons (Fsp3) is 0.333. The number of hydrogen-bond donors (Lipinski definition) is 2. The van der Waals surface area contributed by atoms with Crippen molar-refractivity contribution in [1.29, 1.82) is 0 Å². The maximum atomic E-state index is 12.6. The van der Waals surface area contributed by atoms with E-state index in [1.54, 1.807) is 34.7 Å². The van der Waals surface area contributed by atoms with Gasteiger partial charge in [-0.25, -0.2) is 0 Å². The maximum absolute atomic E-state index is 12.6. The summed E-state index contributed by atoms with van der Waals surface area (Å²) in [5.41, 5.74) is 5.23. The Hall–Kier alpha value is -0.110. The van der Waals surface area contributed by atoms with Crippen LogP contribution in [0.15, 0.2) is 32.4 Å². The van der Waals surface area contributed by atoms with E-state index in [0.717, 1.165) is 4.08 Å². The molecule has 1 atom stereocenters. The van der Waals surface area contributed by atoms with Gasteiger partial charge in [-0.05, 0) is 16.6 Å². The van der Waals surface area contributed by atoms with Crippen LogP contribution in [0.4, 0.5) is 13.2 Å². The van der Waals surface area contributed by atoms with Gasteiger partial charge in [0.1, 0.15) is 0 Å². The molecule has 0 aromatic rings. The average Bonchev–Trinajstić information content (AvgIpc) is 2.11. The largest absolute Gasteiger partial charge is 0.413 e. The third-order valence-corrected chi connectivity index (χ3v) is 3.36. The summed E-state index contributed by atoms with van der Waals surface area (Å²) in [5.74, 6) is -0.768. The minimum absolute atomic E-state index is 0.286. The van der Waals surface area contributed by atoms with Gasteiger partial charge in [0.05, 0.1) is 0 Å². The summed E-state index contributed by atoms with van der Waals surface area (Å²) < 4.78 is 38.9. The molecule has 0 aliphatic heterocycles. The molecule has 0 spiro atoms. The number of rotatable bonds is 1. The Labute approximate surface area is 105 Å². The van der Waals surface area contributed by atoms with Crippen molar-refractivity contribution in [3.63, 3.8) is 0 Å². The van der Waals surface area contributed by atoms with Gasteiger partial charge in [-0.1, -0.05) is 28.7 Å². The molecule has 1 nitrogen and oxygen atoms in total. The van der Waals surface area contributed by atoms with E-state index in [1.165, 1.54) is 0 Å². The van der Waals surface area contributed by atoms with Gasteiger partial charge in [-0.2, -0.15) is 13.2 Å². The van der Waals surface area contributed by atoms with E-state index >= 15 is 0 Å². The van der Waals surface area contributed by atoms with Crippen molar-refractivity contribution in [3.8, 4) is 0 Å². The van der Waals surface area contributed by atoms with E-state index in [0.29, 0.717) is 5.70 Å². The second-order valence-electron chi connectivity index (χ2n) is 3.09. The molecule has 0 bridgehead atoms. The molecule has 1 aliphatic carbocycles. The SMILES string of the molecule is NC1=C(S)C(/C(=C\I)C(F)(F)F)CC=C1. The Morgan fingerprint density at radius 2 is 2.20 bits per heavy atom. The van der Waals surface area contributed by atoms with Crippen LogP contribution in [-0.4, -0.2) is 6.18 Å². The summed E-state index contributed by atoms with van der Waals surface area (Å²) in [6.07, 6.45) is -0.829. The molecular weight excluding hydrogens is 338 g/mol. The Kier molecular flexibility index (Phi) is 4.16. The highest BCUT2D eigenvalue weighted by molar-refractivity contribution is 14.1. The van der Waals surface area contributed by atoms with Gasteiger partial charge in [-0.3, -0.25) is 0 Å². The molecule has 0 heterocycles. The molecule has 0 saturated heterocycles. The van der Waals surface area contributed by atoms with Gasteiger partial charge >= 0.3 is 6.18 Å². The van der Waals surface area contributed by atoms with Crippen LogP contribution >= 0.6 is 35.2 Å². The van der Waals surface area contributed by atoms with Crippen LogP contribution in [0.2, 0.25) is 0 Å². The molecule has 15 heavy (non-hydrogen) atoms. The number of nitrogens with two attached hydrogens (primary N) is 1. The Morgan fingerprint density at radius 1 is 1.60 bits per heavy atom. The van der Waals surface area contributed by atoms with E-state index in [-0.39, 0.29) is 11.3 Å². The van der Waals surface area contributed by atoms with Crippen molar-refractivity contribution in [1.82, 2.24) is 0 Å². The molecule has 0 radical (unpaired) electrons. The van der Waals surface area contributed by atoms with E-state index in [9.17, 15) is 13.2 Å². The average molecular weight is 347 g/mol. The molecular formula is C9H9F3INS. The zero-order valence-corrected chi connectivity index (χ0v) is 10.6. The van der Waals surface area contributed by atoms with Crippen LogP contribution < -0.4 is 5.73 Å². The molecule has 2 N–H and O–H groups in total. The van der Waals surface area contributed by atoms with Gasteiger partial charge in [0.15, 0.2) is 0 Å². The molecule has 0 fully saturated rings. The van der Waals surface area contributed by atoms with Crippen LogP contribution in [0.1, 0.15) is 6.42 Å². The smallest absolute Gasteiger partial charge is 0.398 e. The van der Waals surface area contributed by atoms with Crippen LogP contribution in [0.5, 0.6) is 0 Å². The van der Waals surface area contributed by atoms with Gasteiger partial charge in [0.2, 0.25) is 0 Å². The third kappa shape index (κ3) is 2.93. The normalized spacial score (nSPS) is 23.5. The molecule has 0 aromatic carbocycles. The predicted molar refractivity (Wildman–Crippen MR) is 65.6 cm³/mol. The zero-order valence-electron chi connectivity index (χ0n) is 7.55. The van der Waals surface area contributed by atoms with Crippen molar-refractivity contribution < 1.29 is 13.2 Å². The van der Waals surface area contributed by atoms with Crippen molar-refractivity contribution in [2.24, 2.45) is 11.7 Å². The number of thiol groups is 1. The van der Waals surface area contributed by atoms with Crippen molar-refractivity contribution >= 4 is 35.2 Å². The fourth-order valence-corrected chi connectivity index (χ4v) is 2.45. The van der Waals surface area contributed by atoms with Crippen molar-refractivity contribution in [3.05, 3.63) is 32.4 Å². The van der Waals surface area contributed by atoms with E-state index < -0.39 is 17.7 Å². The first kappa shape index (κ1) is 13.0. The van der Waals surface area contributed by atoms with Gasteiger partial charge < -0.3 is 5.73 Å². The molecule has 0 amide bonds. The van der Waals surface area contributed by atoms with Crippen molar-refractivity contribution in [2.75, 3.05) is 0 Å². The zero-order chi connectivity index (χ0) is 11.6. The summed E-state index contributed by atoms with van der Waals surface area (Å²) in [6, 6.07) is 0. The Bertz CT molecular complexity index is 344. The first-order chi connectivity index (χ1) is 6.88. The van der Waals surface area contributed by atoms with E-state index in [2.05, 4.69) is 12.6 Å². The number of alkyl halides is 3. The molecule has 1 unspecified atom stereocenters. The van der Waals surface area contributed by atoms with Gasteiger partial charge in [0, 0.05) is 22.1 Å². The predicted octanol–water partition coefficient (Wildman–Crippen LogP) is 3.54. The lowest BCUT2D eigenvalue weighted by Gasteiger charge is -2.24. The lowest BCUT2D eigenvalue weighted by Crippen LogP contribution is -2.22.